The Labute approximate surface area is 104 Å². The summed E-state index contributed by atoms with van der Waals surface area (Å²) in [5, 5.41) is 15.5. The molecule has 94 valence electrons. The lowest BCUT2D eigenvalue weighted by Crippen LogP contribution is -2.46. The summed E-state index contributed by atoms with van der Waals surface area (Å²) in [6.07, 6.45) is 0.387. The van der Waals surface area contributed by atoms with Gasteiger partial charge in [0.05, 0.1) is 0 Å². The summed E-state index contributed by atoms with van der Waals surface area (Å²) in [5.41, 5.74) is 1.01. The minimum atomic E-state index is -0.985. The van der Waals surface area contributed by atoms with Gasteiger partial charge in [-0.25, -0.2) is 9.59 Å². The molecule has 0 spiro atoms. The summed E-state index contributed by atoms with van der Waals surface area (Å²) in [7, 11) is 1.49. The van der Waals surface area contributed by atoms with Crippen molar-refractivity contribution in [2.75, 3.05) is 7.05 Å². The molecule has 1 aromatic heterocycles. The molecule has 1 atom stereocenters. The van der Waals surface area contributed by atoms with Gasteiger partial charge in [-0.1, -0.05) is 6.92 Å². The normalized spacial score (nSPS) is 11.9. The molecule has 0 aliphatic heterocycles. The Morgan fingerprint density at radius 3 is 2.76 bits per heavy atom. The number of hydrogen-bond acceptors (Lipinski definition) is 3. The summed E-state index contributed by atoms with van der Waals surface area (Å²) < 4.78 is 0. The van der Waals surface area contributed by atoms with Gasteiger partial charge in [0.25, 0.3) is 0 Å². The van der Waals surface area contributed by atoms with Crippen LogP contribution in [0.15, 0.2) is 16.8 Å². The van der Waals surface area contributed by atoms with E-state index in [1.807, 2.05) is 16.8 Å². The minimum absolute atomic E-state index is 0.370. The lowest BCUT2D eigenvalue weighted by molar-refractivity contribution is -0.141. The van der Waals surface area contributed by atoms with E-state index in [0.717, 1.165) is 5.56 Å². The van der Waals surface area contributed by atoms with E-state index >= 15 is 0 Å². The molecule has 0 fully saturated rings. The number of aliphatic carboxylic acids is 1. The number of thiophene rings is 1. The summed E-state index contributed by atoms with van der Waals surface area (Å²) in [6, 6.07) is 0.766. The molecule has 1 heterocycles. The van der Waals surface area contributed by atoms with Gasteiger partial charge in [0.2, 0.25) is 0 Å². The molecule has 5 nitrogen and oxygen atoms in total. The summed E-state index contributed by atoms with van der Waals surface area (Å²) in [4.78, 5) is 23.8. The van der Waals surface area contributed by atoms with Crippen LogP contribution in [0.3, 0.4) is 0 Å². The van der Waals surface area contributed by atoms with Crippen LogP contribution in [0.2, 0.25) is 0 Å². The first kappa shape index (κ1) is 13.5. The number of nitrogens with zero attached hydrogens (tertiary/aromatic N) is 1. The van der Waals surface area contributed by atoms with E-state index in [0.29, 0.717) is 13.0 Å². The smallest absolute Gasteiger partial charge is 0.326 e. The maximum atomic E-state index is 11.7. The van der Waals surface area contributed by atoms with Gasteiger partial charge in [-0.05, 0) is 28.8 Å². The molecule has 0 bridgehead atoms. The Bertz CT molecular complexity index is 378. The number of amides is 2. The lowest BCUT2D eigenvalue weighted by Gasteiger charge is -2.23. The Hall–Kier alpha value is -1.56. The number of rotatable bonds is 5. The molecule has 0 saturated carbocycles. The number of carbonyl (C=O) groups excluding carboxylic acids is 1. The van der Waals surface area contributed by atoms with Gasteiger partial charge in [0.15, 0.2) is 0 Å². The average molecular weight is 256 g/mol. The number of likely N-dealkylation sites (N-methyl/N-ethyl adjacent to an activating group) is 1. The fraction of sp³-hybridized carbons (Fsp3) is 0.455. The monoisotopic (exact) mass is 256 g/mol. The van der Waals surface area contributed by atoms with Crippen molar-refractivity contribution in [3.8, 4) is 0 Å². The third kappa shape index (κ3) is 3.74. The lowest BCUT2D eigenvalue weighted by atomic mass is 10.2. The first-order valence-corrected chi connectivity index (χ1v) is 6.25. The van der Waals surface area contributed by atoms with Crippen LogP contribution in [-0.4, -0.2) is 35.1 Å². The highest BCUT2D eigenvalue weighted by Gasteiger charge is 2.24. The van der Waals surface area contributed by atoms with Gasteiger partial charge in [0.1, 0.15) is 6.04 Å². The van der Waals surface area contributed by atoms with Crippen molar-refractivity contribution in [1.29, 1.82) is 0 Å². The SMILES string of the molecule is CCC(C(=O)O)N(C)C(=O)NCc1ccsc1. The topological polar surface area (TPSA) is 69.6 Å². The van der Waals surface area contributed by atoms with Crippen molar-refractivity contribution >= 4 is 23.3 Å². The third-order valence-corrected chi connectivity index (χ3v) is 3.22. The highest BCUT2D eigenvalue weighted by Crippen LogP contribution is 2.06. The molecule has 1 aromatic rings. The molecule has 17 heavy (non-hydrogen) atoms. The van der Waals surface area contributed by atoms with E-state index in [-0.39, 0.29) is 6.03 Å². The number of nitrogens with one attached hydrogen (secondary N) is 1. The van der Waals surface area contributed by atoms with Crippen molar-refractivity contribution in [2.24, 2.45) is 0 Å². The van der Waals surface area contributed by atoms with Crippen LogP contribution in [0.25, 0.3) is 0 Å². The van der Waals surface area contributed by atoms with Crippen LogP contribution in [0.5, 0.6) is 0 Å². The molecule has 6 heteroatoms. The van der Waals surface area contributed by atoms with Gasteiger partial charge in [0, 0.05) is 13.6 Å². The second-order valence-corrected chi connectivity index (χ2v) is 4.44. The predicted molar refractivity (Wildman–Crippen MR) is 66.0 cm³/mol. The van der Waals surface area contributed by atoms with Gasteiger partial charge in [-0.2, -0.15) is 11.3 Å². The van der Waals surface area contributed by atoms with E-state index < -0.39 is 12.0 Å². The van der Waals surface area contributed by atoms with E-state index in [1.165, 1.54) is 11.9 Å². The molecular formula is C11H16N2O3S. The Kier molecular flexibility index (Phi) is 4.96. The van der Waals surface area contributed by atoms with Gasteiger partial charge >= 0.3 is 12.0 Å². The zero-order valence-electron chi connectivity index (χ0n) is 9.84. The number of carboxylic acids is 1. The Morgan fingerprint density at radius 2 is 2.29 bits per heavy atom. The number of hydrogen-bond donors (Lipinski definition) is 2. The largest absolute Gasteiger partial charge is 0.480 e. The highest BCUT2D eigenvalue weighted by molar-refractivity contribution is 7.07. The zero-order valence-corrected chi connectivity index (χ0v) is 10.7. The minimum Gasteiger partial charge on any atom is -0.480 e. The van der Waals surface area contributed by atoms with Gasteiger partial charge < -0.3 is 15.3 Å². The van der Waals surface area contributed by atoms with Crippen LogP contribution < -0.4 is 5.32 Å². The van der Waals surface area contributed by atoms with Crippen molar-refractivity contribution in [2.45, 2.75) is 25.9 Å². The summed E-state index contributed by atoms with van der Waals surface area (Å²) in [6.45, 7) is 2.16. The maximum Gasteiger partial charge on any atom is 0.326 e. The van der Waals surface area contributed by atoms with E-state index in [9.17, 15) is 9.59 Å². The Balaban J connectivity index is 2.49. The second-order valence-electron chi connectivity index (χ2n) is 3.66. The molecule has 0 aromatic carbocycles. The van der Waals surface area contributed by atoms with Crippen molar-refractivity contribution in [1.82, 2.24) is 10.2 Å². The molecule has 2 amide bonds. The fourth-order valence-electron chi connectivity index (χ4n) is 1.45. The van der Waals surface area contributed by atoms with Crippen LogP contribution in [-0.2, 0) is 11.3 Å². The van der Waals surface area contributed by atoms with Crippen molar-refractivity contribution < 1.29 is 14.7 Å². The molecule has 0 aliphatic carbocycles. The van der Waals surface area contributed by atoms with E-state index in [2.05, 4.69) is 5.32 Å². The van der Waals surface area contributed by atoms with Crippen molar-refractivity contribution in [3.63, 3.8) is 0 Å². The number of carbonyl (C=O) groups is 2. The maximum absolute atomic E-state index is 11.7. The van der Waals surface area contributed by atoms with Gasteiger partial charge in [-0.15, -0.1) is 0 Å². The average Bonchev–Trinajstić information content (AvgIpc) is 2.78. The van der Waals surface area contributed by atoms with E-state index in [4.69, 9.17) is 5.11 Å². The van der Waals surface area contributed by atoms with Gasteiger partial charge in [-0.3, -0.25) is 0 Å². The second kappa shape index (κ2) is 6.24. The molecule has 1 unspecified atom stereocenters. The van der Waals surface area contributed by atoms with Crippen LogP contribution in [0.4, 0.5) is 4.79 Å². The first-order valence-electron chi connectivity index (χ1n) is 5.30. The quantitative estimate of drug-likeness (QED) is 0.843. The molecule has 0 saturated heterocycles. The first-order chi connectivity index (χ1) is 8.06. The predicted octanol–water partition coefficient (Wildman–Crippen LogP) is 1.75. The molecule has 0 radical (unpaired) electrons. The van der Waals surface area contributed by atoms with Crippen LogP contribution >= 0.6 is 11.3 Å². The van der Waals surface area contributed by atoms with Crippen molar-refractivity contribution in [3.05, 3.63) is 22.4 Å². The molecule has 1 rings (SSSR count). The molecule has 0 aliphatic rings. The van der Waals surface area contributed by atoms with Crippen LogP contribution in [0.1, 0.15) is 18.9 Å². The molecular weight excluding hydrogens is 240 g/mol. The number of carboxylic acid groups (broad SMARTS) is 1. The standard InChI is InChI=1S/C11H16N2O3S/c1-3-9(10(14)15)13(2)11(16)12-6-8-4-5-17-7-8/h4-5,7,9H,3,6H2,1-2H3,(H,12,16)(H,14,15). The third-order valence-electron chi connectivity index (χ3n) is 2.48. The zero-order chi connectivity index (χ0) is 12.8. The number of urea groups is 1. The molecule has 2 N–H and O–H groups in total. The van der Waals surface area contributed by atoms with E-state index in [1.54, 1.807) is 18.3 Å². The highest BCUT2D eigenvalue weighted by atomic mass is 32.1. The summed E-state index contributed by atoms with van der Waals surface area (Å²) in [5.74, 6) is -0.985. The van der Waals surface area contributed by atoms with Crippen LogP contribution in [0, 0.1) is 0 Å². The summed E-state index contributed by atoms with van der Waals surface area (Å²) >= 11 is 1.56. The fourth-order valence-corrected chi connectivity index (χ4v) is 2.12. The Morgan fingerprint density at radius 1 is 1.59 bits per heavy atom.